The van der Waals surface area contributed by atoms with Crippen LogP contribution in [-0.4, -0.2) is 28.2 Å². The molecule has 1 aliphatic carbocycles. The molecule has 2 unspecified atom stereocenters. The zero-order chi connectivity index (χ0) is 15.6. The van der Waals surface area contributed by atoms with Gasteiger partial charge in [0.1, 0.15) is 0 Å². The second-order valence-corrected chi connectivity index (χ2v) is 18.0. The zero-order valence-corrected chi connectivity index (χ0v) is 19.6. The molecule has 20 heavy (non-hydrogen) atoms. The van der Waals surface area contributed by atoms with Gasteiger partial charge >= 0.3 is 0 Å². The third-order valence-corrected chi connectivity index (χ3v) is 5.07. The highest BCUT2D eigenvalue weighted by Gasteiger charge is 2.37. The maximum Gasteiger partial charge on any atom is 0.259 e. The Hall–Kier alpha value is 1.82. The molecule has 0 radical (unpaired) electrons. The van der Waals surface area contributed by atoms with Crippen molar-refractivity contribution in [1.82, 2.24) is 10.6 Å². The topological polar surface area (TPSA) is 58.2 Å². The predicted molar refractivity (Wildman–Crippen MR) is 101 cm³/mol. The van der Waals surface area contributed by atoms with Crippen LogP contribution in [0.3, 0.4) is 0 Å². The minimum Gasteiger partial charge on any atom is -0.349 e. The number of halogens is 6. The van der Waals surface area contributed by atoms with Gasteiger partial charge in [-0.15, -0.1) is 0 Å². The molecule has 4 nitrogen and oxygen atoms in total. The first-order valence-electron chi connectivity index (χ1n) is 5.77. The normalized spacial score (nSPS) is 24.1. The minimum atomic E-state index is -0.983. The van der Waals surface area contributed by atoms with Crippen LogP contribution >= 0.6 is 95.6 Å². The quantitative estimate of drug-likeness (QED) is 0.433. The number of rotatable bonds is 2. The average Bonchev–Trinajstić information content (AvgIpc) is 2.29. The molecule has 116 valence electrons. The Bertz CT molecular complexity index is 343. The maximum atomic E-state index is 12.0. The number of carbonyl (C=O) groups is 2. The zero-order valence-electron chi connectivity index (χ0n) is 10.1. The van der Waals surface area contributed by atoms with Crippen molar-refractivity contribution in [1.29, 1.82) is 0 Å². The summed E-state index contributed by atoms with van der Waals surface area (Å²) < 4.78 is -1.97. The lowest BCUT2D eigenvalue weighted by Gasteiger charge is -2.34. The third-order valence-electron chi connectivity index (χ3n) is 2.91. The van der Waals surface area contributed by atoms with Crippen LogP contribution in [0.4, 0.5) is 0 Å². The molecule has 0 aromatic rings. The van der Waals surface area contributed by atoms with E-state index in [4.69, 9.17) is 0 Å². The lowest BCUT2D eigenvalue weighted by atomic mass is 9.90. The van der Waals surface area contributed by atoms with Crippen molar-refractivity contribution in [2.75, 3.05) is 0 Å². The summed E-state index contributed by atoms with van der Waals surface area (Å²) in [5.74, 6) is -0.460. The number of alkyl halides is 6. The molecule has 1 aliphatic rings. The molecule has 0 spiro atoms. The van der Waals surface area contributed by atoms with Crippen molar-refractivity contribution < 1.29 is 9.59 Å². The van der Waals surface area contributed by atoms with Gasteiger partial charge in [-0.1, -0.05) is 12.8 Å². The summed E-state index contributed by atoms with van der Waals surface area (Å²) in [6, 6.07) is -0.191. The molecule has 1 fully saturated rings. The summed E-state index contributed by atoms with van der Waals surface area (Å²) in [5, 5.41) is 5.85. The second-order valence-electron chi connectivity index (χ2n) is 4.44. The van der Waals surface area contributed by atoms with Gasteiger partial charge in [0.2, 0.25) is 4.29 Å². The fourth-order valence-corrected chi connectivity index (χ4v) is 2.66. The van der Waals surface area contributed by atoms with Crippen molar-refractivity contribution in [2.24, 2.45) is 0 Å². The first-order chi connectivity index (χ1) is 9.01. The van der Waals surface area contributed by atoms with Gasteiger partial charge in [-0.3, -0.25) is 9.59 Å². The third kappa shape index (κ3) is 6.52. The fourth-order valence-electron chi connectivity index (χ4n) is 1.98. The highest BCUT2D eigenvalue weighted by molar-refractivity contribution is 9.40. The molecule has 0 saturated heterocycles. The smallest absolute Gasteiger partial charge is 0.259 e. The highest BCUT2D eigenvalue weighted by Crippen LogP contribution is 2.35. The molecular formula is C10H12Br6N2O2. The highest BCUT2D eigenvalue weighted by atomic mass is 80.0. The van der Waals surface area contributed by atoms with Crippen LogP contribution in [0.5, 0.6) is 0 Å². The second kappa shape index (κ2) is 8.08. The monoisotopic (exact) mass is 666 g/mol. The predicted octanol–water partition coefficient (Wildman–Crippen LogP) is 4.21. The number of nitrogens with one attached hydrogen (secondary N) is 2. The van der Waals surface area contributed by atoms with E-state index in [2.05, 4.69) is 106 Å². The van der Waals surface area contributed by atoms with Crippen LogP contribution in [-0.2, 0) is 9.59 Å². The van der Waals surface area contributed by atoms with E-state index < -0.39 is 4.29 Å². The maximum absolute atomic E-state index is 12.0. The van der Waals surface area contributed by atoms with Crippen LogP contribution < -0.4 is 10.6 Å². The fraction of sp³-hybridized carbons (Fsp3) is 0.800. The van der Waals surface area contributed by atoms with E-state index in [1.807, 2.05) is 0 Å². The van der Waals surface area contributed by atoms with E-state index in [1.54, 1.807) is 0 Å². The van der Waals surface area contributed by atoms with E-state index in [9.17, 15) is 9.59 Å². The lowest BCUT2D eigenvalue weighted by Crippen LogP contribution is -2.56. The molecule has 2 amide bonds. The van der Waals surface area contributed by atoms with Crippen molar-refractivity contribution in [3.63, 3.8) is 0 Å². The van der Waals surface area contributed by atoms with Gasteiger partial charge in [-0.2, -0.15) is 0 Å². The van der Waals surface area contributed by atoms with Crippen molar-refractivity contribution in [2.45, 2.75) is 42.1 Å². The Balaban J connectivity index is 2.68. The number of hydrogen-bond donors (Lipinski definition) is 2. The molecular weight excluding hydrogens is 660 g/mol. The van der Waals surface area contributed by atoms with Gasteiger partial charge < -0.3 is 10.6 Å². The standard InChI is InChI=1S/C10H12Br6N2O2/c11-9(12,13)7(19)17-5-3-1-2-4-6(5)18-8(20)10(14,15)16/h5-6H,1-4H2,(H,17,19)(H,18,20). The number of carbonyl (C=O) groups excluding carboxylic acids is 2. The summed E-state index contributed by atoms with van der Waals surface area (Å²) in [6.07, 6.45) is 3.72. The van der Waals surface area contributed by atoms with Gasteiger partial charge in [0.05, 0.1) is 0 Å². The van der Waals surface area contributed by atoms with Crippen molar-refractivity contribution in [3.8, 4) is 0 Å². The Morgan fingerprint density at radius 1 is 0.750 bits per heavy atom. The SMILES string of the molecule is O=C(NC1CCCCC1NC(=O)C(Br)(Br)Br)C(Br)(Br)Br. The van der Waals surface area contributed by atoms with Gasteiger partial charge in [-0.05, 0) is 108 Å². The lowest BCUT2D eigenvalue weighted by molar-refractivity contribution is -0.123. The summed E-state index contributed by atoms with van der Waals surface area (Å²) in [4.78, 5) is 23.9. The summed E-state index contributed by atoms with van der Waals surface area (Å²) in [7, 11) is 0. The van der Waals surface area contributed by atoms with Crippen LogP contribution in [0.2, 0.25) is 0 Å². The van der Waals surface area contributed by atoms with Gasteiger partial charge in [0.25, 0.3) is 11.8 Å². The molecule has 0 heterocycles. The number of hydrogen-bond acceptors (Lipinski definition) is 2. The molecule has 0 aliphatic heterocycles. The molecule has 10 heteroatoms. The van der Waals surface area contributed by atoms with E-state index in [0.29, 0.717) is 0 Å². The molecule has 0 aromatic carbocycles. The molecule has 0 aromatic heterocycles. The van der Waals surface area contributed by atoms with Crippen molar-refractivity contribution in [3.05, 3.63) is 0 Å². The largest absolute Gasteiger partial charge is 0.349 e. The summed E-state index contributed by atoms with van der Waals surface area (Å²) >= 11 is 19.1. The Kier molecular flexibility index (Phi) is 8.02. The van der Waals surface area contributed by atoms with Crippen LogP contribution in [0.25, 0.3) is 0 Å². The van der Waals surface area contributed by atoms with Gasteiger partial charge in [0.15, 0.2) is 0 Å². The molecule has 1 rings (SSSR count). The average molecular weight is 672 g/mol. The Morgan fingerprint density at radius 2 is 1.05 bits per heavy atom. The molecule has 1 saturated carbocycles. The molecule has 2 atom stereocenters. The van der Waals surface area contributed by atoms with Crippen LogP contribution in [0, 0.1) is 0 Å². The van der Waals surface area contributed by atoms with Crippen LogP contribution in [0.1, 0.15) is 25.7 Å². The van der Waals surface area contributed by atoms with E-state index >= 15 is 0 Å². The first kappa shape index (κ1) is 19.9. The van der Waals surface area contributed by atoms with Crippen molar-refractivity contribution >= 4 is 107 Å². The van der Waals surface area contributed by atoms with Gasteiger partial charge in [0, 0.05) is 12.1 Å². The molecule has 0 bridgehead atoms. The minimum absolute atomic E-state index is 0.0953. The Morgan fingerprint density at radius 3 is 1.30 bits per heavy atom. The summed E-state index contributed by atoms with van der Waals surface area (Å²) in [5.41, 5.74) is 0. The van der Waals surface area contributed by atoms with E-state index in [0.717, 1.165) is 25.7 Å². The van der Waals surface area contributed by atoms with E-state index in [1.165, 1.54) is 0 Å². The summed E-state index contributed by atoms with van der Waals surface area (Å²) in [6.45, 7) is 0. The van der Waals surface area contributed by atoms with Gasteiger partial charge in [-0.25, -0.2) is 0 Å². The Labute approximate surface area is 168 Å². The first-order valence-corrected chi connectivity index (χ1v) is 10.5. The van der Waals surface area contributed by atoms with Crippen LogP contribution in [0.15, 0.2) is 0 Å². The van der Waals surface area contributed by atoms with E-state index in [-0.39, 0.29) is 23.9 Å². The molecule has 2 N–H and O–H groups in total. The number of amides is 2.